The first-order valence-corrected chi connectivity index (χ1v) is 7.76. The molecule has 2 aromatic carbocycles. The molecular weight excluding hydrogens is 302 g/mol. The van der Waals surface area contributed by atoms with Crippen LogP contribution >= 0.6 is 0 Å². The average molecular weight is 320 g/mol. The van der Waals surface area contributed by atoms with Crippen molar-refractivity contribution < 1.29 is 19.2 Å². The summed E-state index contributed by atoms with van der Waals surface area (Å²) < 4.78 is 6.91. The van der Waals surface area contributed by atoms with Crippen molar-refractivity contribution in [2.45, 2.75) is 13.5 Å². The zero-order valence-corrected chi connectivity index (χ0v) is 13.3. The van der Waals surface area contributed by atoms with E-state index in [4.69, 9.17) is 0 Å². The maximum Gasteiger partial charge on any atom is 0.298 e. The van der Waals surface area contributed by atoms with Crippen LogP contribution in [-0.4, -0.2) is 11.6 Å². The number of para-hydroxylation sites is 1. The SMILES string of the molecule is CC[n+]1c(C=Cc2ccc(OC=O)c(O)c2)ccc2ccccc21. The highest BCUT2D eigenvalue weighted by Crippen LogP contribution is 2.27. The van der Waals surface area contributed by atoms with E-state index in [1.165, 1.54) is 10.9 Å². The standard InChI is InChI=1S/C20H17NO3/c1-2-21-17(11-9-16-5-3-4-6-18(16)21)10-7-15-8-12-20(24-14-22)19(23)13-15/h3-14H,2H2,1H3/p+1. The second-order valence-electron chi connectivity index (χ2n) is 5.34. The number of phenolic OH excluding ortho intramolecular Hbond substituents is 1. The number of benzene rings is 2. The van der Waals surface area contributed by atoms with Gasteiger partial charge in [-0.15, -0.1) is 0 Å². The molecule has 0 saturated heterocycles. The van der Waals surface area contributed by atoms with Crippen molar-refractivity contribution in [2.75, 3.05) is 0 Å². The third kappa shape index (κ3) is 3.13. The van der Waals surface area contributed by atoms with Gasteiger partial charge < -0.3 is 9.84 Å². The molecule has 0 aliphatic carbocycles. The molecule has 0 radical (unpaired) electrons. The highest BCUT2D eigenvalue weighted by Gasteiger charge is 2.11. The summed E-state index contributed by atoms with van der Waals surface area (Å²) in [6.07, 6.45) is 3.92. The number of carbonyl (C=O) groups excluding carboxylic acids is 1. The van der Waals surface area contributed by atoms with E-state index in [0.29, 0.717) is 6.47 Å². The summed E-state index contributed by atoms with van der Waals surface area (Å²) in [5.74, 6) is 0.0857. The molecule has 0 amide bonds. The van der Waals surface area contributed by atoms with Gasteiger partial charge in [0, 0.05) is 23.6 Å². The lowest BCUT2D eigenvalue weighted by molar-refractivity contribution is -0.669. The number of nitrogens with zero attached hydrogens (tertiary/aromatic N) is 1. The molecule has 0 saturated carbocycles. The number of rotatable bonds is 5. The first-order chi connectivity index (χ1) is 11.7. The van der Waals surface area contributed by atoms with Crippen molar-refractivity contribution >= 4 is 29.5 Å². The predicted molar refractivity (Wildman–Crippen MR) is 93.5 cm³/mol. The monoisotopic (exact) mass is 320 g/mol. The molecule has 0 atom stereocenters. The molecule has 0 spiro atoms. The van der Waals surface area contributed by atoms with Gasteiger partial charge in [0.2, 0.25) is 11.2 Å². The number of carbonyl (C=O) groups is 1. The van der Waals surface area contributed by atoms with Crippen LogP contribution in [0, 0.1) is 0 Å². The fourth-order valence-corrected chi connectivity index (χ4v) is 2.75. The third-order valence-corrected chi connectivity index (χ3v) is 3.89. The molecule has 3 aromatic rings. The van der Waals surface area contributed by atoms with Crippen LogP contribution in [0.25, 0.3) is 23.1 Å². The van der Waals surface area contributed by atoms with E-state index >= 15 is 0 Å². The van der Waals surface area contributed by atoms with Crippen LogP contribution in [0.3, 0.4) is 0 Å². The number of aryl methyl sites for hydroxylation is 1. The maximum absolute atomic E-state index is 10.3. The molecule has 0 bridgehead atoms. The number of phenols is 1. The second kappa shape index (κ2) is 6.96. The van der Waals surface area contributed by atoms with Crippen LogP contribution in [0.15, 0.2) is 54.6 Å². The molecule has 0 fully saturated rings. The summed E-state index contributed by atoms with van der Waals surface area (Å²) in [5, 5.41) is 11.0. The van der Waals surface area contributed by atoms with Gasteiger partial charge in [0.15, 0.2) is 11.5 Å². The van der Waals surface area contributed by atoms with Gasteiger partial charge in [-0.1, -0.05) is 18.2 Å². The Morgan fingerprint density at radius 3 is 2.67 bits per heavy atom. The molecule has 4 nitrogen and oxygen atoms in total. The number of fused-ring (bicyclic) bond motifs is 1. The Morgan fingerprint density at radius 1 is 1.08 bits per heavy atom. The zero-order valence-electron chi connectivity index (χ0n) is 13.3. The molecule has 4 heteroatoms. The van der Waals surface area contributed by atoms with Crippen molar-refractivity contribution in [1.82, 2.24) is 0 Å². The van der Waals surface area contributed by atoms with E-state index in [-0.39, 0.29) is 11.5 Å². The maximum atomic E-state index is 10.3. The van der Waals surface area contributed by atoms with Crippen LogP contribution in [0.4, 0.5) is 0 Å². The lowest BCUT2D eigenvalue weighted by Gasteiger charge is -2.04. The van der Waals surface area contributed by atoms with E-state index < -0.39 is 0 Å². The number of hydrogen-bond donors (Lipinski definition) is 1. The van der Waals surface area contributed by atoms with Crippen LogP contribution < -0.4 is 9.30 Å². The number of pyridine rings is 1. The Hall–Kier alpha value is -3.14. The fourth-order valence-electron chi connectivity index (χ4n) is 2.75. The number of hydrogen-bond acceptors (Lipinski definition) is 3. The third-order valence-electron chi connectivity index (χ3n) is 3.89. The van der Waals surface area contributed by atoms with Crippen LogP contribution in [0.5, 0.6) is 11.5 Å². The Balaban J connectivity index is 1.96. The highest BCUT2D eigenvalue weighted by molar-refractivity contribution is 5.77. The number of aromatic nitrogens is 1. The molecule has 1 N–H and O–H groups in total. The van der Waals surface area contributed by atoms with E-state index in [1.807, 2.05) is 24.3 Å². The van der Waals surface area contributed by atoms with Crippen molar-refractivity contribution in [3.63, 3.8) is 0 Å². The molecule has 1 heterocycles. The second-order valence-corrected chi connectivity index (χ2v) is 5.34. The van der Waals surface area contributed by atoms with Gasteiger partial charge in [-0.25, -0.2) is 0 Å². The van der Waals surface area contributed by atoms with Crippen molar-refractivity contribution in [3.8, 4) is 11.5 Å². The van der Waals surface area contributed by atoms with Crippen LogP contribution in [-0.2, 0) is 11.3 Å². The van der Waals surface area contributed by atoms with E-state index in [1.54, 1.807) is 18.2 Å². The average Bonchev–Trinajstić information content (AvgIpc) is 2.61. The molecule has 120 valence electrons. The summed E-state index contributed by atoms with van der Waals surface area (Å²) >= 11 is 0. The zero-order chi connectivity index (χ0) is 16.9. The molecule has 0 aliphatic rings. The first-order valence-electron chi connectivity index (χ1n) is 7.76. The summed E-state index contributed by atoms with van der Waals surface area (Å²) in [4.78, 5) is 10.3. The summed E-state index contributed by atoms with van der Waals surface area (Å²) in [5.41, 5.74) is 3.07. The van der Waals surface area contributed by atoms with Gasteiger partial charge in [0.05, 0.1) is 0 Å². The minimum Gasteiger partial charge on any atom is -0.504 e. The lowest BCUT2D eigenvalue weighted by Crippen LogP contribution is -2.36. The van der Waals surface area contributed by atoms with Crippen LogP contribution in [0.1, 0.15) is 18.2 Å². The molecule has 0 unspecified atom stereocenters. The molecule has 24 heavy (non-hydrogen) atoms. The predicted octanol–water partition coefficient (Wildman–Crippen LogP) is 3.56. The van der Waals surface area contributed by atoms with Gasteiger partial charge in [-0.05, 0) is 42.8 Å². The quantitative estimate of drug-likeness (QED) is 0.578. The summed E-state index contributed by atoms with van der Waals surface area (Å²) in [7, 11) is 0. The normalized spacial score (nSPS) is 11.0. The first kappa shape index (κ1) is 15.7. The Kier molecular flexibility index (Phi) is 4.57. The van der Waals surface area contributed by atoms with Gasteiger partial charge in [-0.3, -0.25) is 4.79 Å². The van der Waals surface area contributed by atoms with Crippen molar-refractivity contribution in [2.24, 2.45) is 0 Å². The van der Waals surface area contributed by atoms with Gasteiger partial charge in [0.25, 0.3) is 6.47 Å². The Labute approximate surface area is 140 Å². The van der Waals surface area contributed by atoms with Gasteiger partial charge in [0.1, 0.15) is 6.54 Å². The summed E-state index contributed by atoms with van der Waals surface area (Å²) in [6, 6.07) is 17.4. The smallest absolute Gasteiger partial charge is 0.298 e. The largest absolute Gasteiger partial charge is 0.504 e. The lowest BCUT2D eigenvalue weighted by atomic mass is 10.1. The van der Waals surface area contributed by atoms with E-state index in [0.717, 1.165) is 17.8 Å². The van der Waals surface area contributed by atoms with E-state index in [9.17, 15) is 9.90 Å². The van der Waals surface area contributed by atoms with Crippen molar-refractivity contribution in [3.05, 3.63) is 65.9 Å². The fraction of sp³-hybridized carbons (Fsp3) is 0.100. The minimum atomic E-state index is -0.0638. The molecular formula is C20H18NO3+. The highest BCUT2D eigenvalue weighted by atomic mass is 16.5. The minimum absolute atomic E-state index is 0.0638. The Bertz CT molecular complexity index is 916. The molecule has 0 aliphatic heterocycles. The van der Waals surface area contributed by atoms with Gasteiger partial charge >= 0.3 is 0 Å². The van der Waals surface area contributed by atoms with Gasteiger partial charge in [-0.2, -0.15) is 4.57 Å². The Morgan fingerprint density at radius 2 is 1.92 bits per heavy atom. The van der Waals surface area contributed by atoms with Crippen molar-refractivity contribution in [1.29, 1.82) is 0 Å². The summed E-state index contributed by atoms with van der Waals surface area (Å²) in [6.45, 7) is 3.27. The molecule has 3 rings (SSSR count). The van der Waals surface area contributed by atoms with Crippen LogP contribution in [0.2, 0.25) is 0 Å². The molecule has 1 aromatic heterocycles. The number of ether oxygens (including phenoxy) is 1. The topological polar surface area (TPSA) is 50.4 Å². The van der Waals surface area contributed by atoms with E-state index in [2.05, 4.69) is 40.5 Å². The number of aromatic hydroxyl groups is 1.